The Bertz CT molecular complexity index is 680. The van der Waals surface area contributed by atoms with Crippen molar-refractivity contribution in [3.8, 4) is 28.7 Å². The van der Waals surface area contributed by atoms with Crippen molar-refractivity contribution in [3.63, 3.8) is 0 Å². The first-order valence-corrected chi connectivity index (χ1v) is 6.37. The Hall–Kier alpha value is -2.60. The van der Waals surface area contributed by atoms with Crippen molar-refractivity contribution in [3.05, 3.63) is 41.5 Å². The minimum Gasteiger partial charge on any atom is -0.508 e. The highest BCUT2D eigenvalue weighted by atomic mass is 16.5. The zero-order chi connectivity index (χ0) is 15.1. The van der Waals surface area contributed by atoms with Gasteiger partial charge in [-0.25, -0.2) is 0 Å². The number of aliphatic hydroxyl groups is 1. The minimum absolute atomic E-state index is 0.0700. The van der Waals surface area contributed by atoms with E-state index >= 15 is 0 Å². The zero-order valence-electron chi connectivity index (χ0n) is 10.9. The average molecular weight is 290 g/mol. The molecule has 0 saturated heterocycles. The highest BCUT2D eigenvalue weighted by molar-refractivity contribution is 5.60. The average Bonchev–Trinajstić information content (AvgIpc) is 2.47. The number of ether oxygens (including phenoxy) is 1. The van der Waals surface area contributed by atoms with Crippen LogP contribution in [-0.4, -0.2) is 31.6 Å². The van der Waals surface area contributed by atoms with Crippen LogP contribution in [0.1, 0.15) is 17.2 Å². The summed E-state index contributed by atoms with van der Waals surface area (Å²) in [5, 5.41) is 48.3. The normalized spacial score (nSPS) is 20.6. The minimum atomic E-state index is -0.933. The first-order chi connectivity index (χ1) is 9.97. The smallest absolute Gasteiger partial charge is 0.200 e. The van der Waals surface area contributed by atoms with Crippen LogP contribution in [0.2, 0.25) is 0 Å². The third kappa shape index (κ3) is 2.19. The van der Waals surface area contributed by atoms with Gasteiger partial charge in [0.25, 0.3) is 0 Å². The molecular formula is C15H14O6. The summed E-state index contributed by atoms with van der Waals surface area (Å²) >= 11 is 0. The third-order valence-corrected chi connectivity index (χ3v) is 3.56. The van der Waals surface area contributed by atoms with Gasteiger partial charge in [-0.1, -0.05) is 12.1 Å². The number of fused-ring (bicyclic) bond motifs is 1. The first-order valence-electron chi connectivity index (χ1n) is 6.37. The number of rotatable bonds is 1. The number of phenols is 4. The van der Waals surface area contributed by atoms with Gasteiger partial charge in [-0.05, 0) is 17.7 Å². The molecule has 2 aromatic rings. The predicted octanol–water partition coefficient (Wildman–Crippen LogP) is 1.55. The lowest BCUT2D eigenvalue weighted by Gasteiger charge is -2.31. The van der Waals surface area contributed by atoms with E-state index in [1.54, 1.807) is 12.1 Å². The van der Waals surface area contributed by atoms with Gasteiger partial charge in [0.15, 0.2) is 11.5 Å². The fourth-order valence-electron chi connectivity index (χ4n) is 2.45. The molecule has 1 heterocycles. The largest absolute Gasteiger partial charge is 0.508 e. The maximum Gasteiger partial charge on any atom is 0.200 e. The summed E-state index contributed by atoms with van der Waals surface area (Å²) in [6.45, 7) is 0. The molecule has 2 atom stereocenters. The molecule has 0 aromatic heterocycles. The zero-order valence-corrected chi connectivity index (χ0v) is 10.9. The van der Waals surface area contributed by atoms with Gasteiger partial charge in [0.2, 0.25) is 5.75 Å². The molecule has 110 valence electrons. The second kappa shape index (κ2) is 4.75. The predicted molar refractivity (Wildman–Crippen MR) is 72.6 cm³/mol. The van der Waals surface area contributed by atoms with Gasteiger partial charge in [-0.3, -0.25) is 0 Å². The van der Waals surface area contributed by atoms with Crippen molar-refractivity contribution in [2.75, 3.05) is 0 Å². The van der Waals surface area contributed by atoms with Gasteiger partial charge in [0.05, 0.1) is 6.10 Å². The summed E-state index contributed by atoms with van der Waals surface area (Å²) in [6.07, 6.45) is -1.56. The number of phenolic OH excluding ortho intramolecular Hbond substituents is 4. The summed E-state index contributed by atoms with van der Waals surface area (Å²) in [5.74, 6) is -1.32. The van der Waals surface area contributed by atoms with E-state index < -0.39 is 29.5 Å². The molecule has 0 fully saturated rings. The molecule has 0 bridgehead atoms. The summed E-state index contributed by atoms with van der Waals surface area (Å²) in [5.41, 5.74) is 0.894. The van der Waals surface area contributed by atoms with Crippen molar-refractivity contribution in [1.29, 1.82) is 0 Å². The fourth-order valence-corrected chi connectivity index (χ4v) is 2.45. The van der Waals surface area contributed by atoms with Crippen LogP contribution >= 0.6 is 0 Å². The topological polar surface area (TPSA) is 110 Å². The molecule has 0 radical (unpaired) electrons. The fraction of sp³-hybridized carbons (Fsp3) is 0.200. The second-order valence-corrected chi connectivity index (χ2v) is 4.97. The second-order valence-electron chi connectivity index (χ2n) is 4.97. The molecule has 2 aromatic carbocycles. The van der Waals surface area contributed by atoms with Crippen LogP contribution in [0.25, 0.3) is 0 Å². The lowest BCUT2D eigenvalue weighted by Crippen LogP contribution is -2.30. The Labute approximate surface area is 120 Å². The van der Waals surface area contributed by atoms with E-state index in [1.807, 2.05) is 0 Å². The third-order valence-electron chi connectivity index (χ3n) is 3.56. The molecule has 21 heavy (non-hydrogen) atoms. The SMILES string of the molecule is Oc1ccc(C2Oc3cc(O)c(O)c(O)c3CC2O)cc1. The van der Waals surface area contributed by atoms with Crippen molar-refractivity contribution >= 4 is 0 Å². The molecule has 0 aliphatic carbocycles. The van der Waals surface area contributed by atoms with Gasteiger partial charge in [0.1, 0.15) is 17.6 Å². The summed E-state index contributed by atoms with van der Waals surface area (Å²) < 4.78 is 5.62. The van der Waals surface area contributed by atoms with E-state index in [0.29, 0.717) is 5.56 Å². The summed E-state index contributed by atoms with van der Waals surface area (Å²) in [7, 11) is 0. The van der Waals surface area contributed by atoms with E-state index in [0.717, 1.165) is 0 Å². The number of benzene rings is 2. The molecule has 3 rings (SSSR count). The molecule has 0 spiro atoms. The van der Waals surface area contributed by atoms with Gasteiger partial charge in [-0.15, -0.1) is 0 Å². The van der Waals surface area contributed by atoms with Gasteiger partial charge < -0.3 is 30.3 Å². The Morgan fingerprint density at radius 1 is 0.952 bits per heavy atom. The van der Waals surface area contributed by atoms with Crippen molar-refractivity contribution < 1.29 is 30.3 Å². The van der Waals surface area contributed by atoms with Crippen LogP contribution in [0.3, 0.4) is 0 Å². The highest BCUT2D eigenvalue weighted by Crippen LogP contribution is 2.47. The molecule has 0 saturated carbocycles. The van der Waals surface area contributed by atoms with Crippen LogP contribution in [0.5, 0.6) is 28.7 Å². The molecule has 2 unspecified atom stereocenters. The monoisotopic (exact) mass is 290 g/mol. The molecular weight excluding hydrogens is 276 g/mol. The lowest BCUT2D eigenvalue weighted by atomic mass is 9.94. The number of hydrogen-bond donors (Lipinski definition) is 5. The van der Waals surface area contributed by atoms with E-state index in [1.165, 1.54) is 18.2 Å². The van der Waals surface area contributed by atoms with Crippen LogP contribution in [0.15, 0.2) is 30.3 Å². The van der Waals surface area contributed by atoms with E-state index in [9.17, 15) is 25.5 Å². The Balaban J connectivity index is 2.00. The molecule has 1 aliphatic heterocycles. The molecule has 6 heteroatoms. The Morgan fingerprint density at radius 3 is 2.29 bits per heavy atom. The quantitative estimate of drug-likeness (QED) is 0.510. The van der Waals surface area contributed by atoms with Crippen LogP contribution in [0, 0.1) is 0 Å². The summed E-state index contributed by atoms with van der Waals surface area (Å²) in [4.78, 5) is 0. The Morgan fingerprint density at radius 2 is 1.62 bits per heavy atom. The number of aliphatic hydroxyl groups excluding tert-OH is 1. The van der Waals surface area contributed by atoms with Gasteiger partial charge in [-0.2, -0.15) is 0 Å². The van der Waals surface area contributed by atoms with Gasteiger partial charge >= 0.3 is 0 Å². The standard InChI is InChI=1S/C15H14O6/c16-8-3-1-7(2-4-8)15-11(18)5-9-12(21-15)6-10(17)14(20)13(9)19/h1-4,6,11,15-20H,5H2. The van der Waals surface area contributed by atoms with Crippen LogP contribution in [-0.2, 0) is 6.42 Å². The Kier molecular flexibility index (Phi) is 3.03. The highest BCUT2D eigenvalue weighted by Gasteiger charge is 2.33. The van der Waals surface area contributed by atoms with Crippen molar-refractivity contribution in [1.82, 2.24) is 0 Å². The molecule has 1 aliphatic rings. The van der Waals surface area contributed by atoms with E-state index in [2.05, 4.69) is 0 Å². The van der Waals surface area contributed by atoms with Crippen molar-refractivity contribution in [2.45, 2.75) is 18.6 Å². The molecule has 6 nitrogen and oxygen atoms in total. The van der Waals surface area contributed by atoms with Gasteiger partial charge in [0, 0.05) is 18.1 Å². The first kappa shape index (κ1) is 13.4. The summed E-state index contributed by atoms with van der Waals surface area (Å²) in [6, 6.07) is 7.39. The molecule has 0 amide bonds. The number of hydrogen-bond acceptors (Lipinski definition) is 6. The lowest BCUT2D eigenvalue weighted by molar-refractivity contribution is 0.0196. The number of aromatic hydroxyl groups is 4. The van der Waals surface area contributed by atoms with Crippen molar-refractivity contribution in [2.24, 2.45) is 0 Å². The maximum atomic E-state index is 10.2. The van der Waals surface area contributed by atoms with Crippen LogP contribution in [0.4, 0.5) is 0 Å². The van der Waals surface area contributed by atoms with Crippen LogP contribution < -0.4 is 4.74 Å². The van der Waals surface area contributed by atoms with E-state index in [-0.39, 0.29) is 23.5 Å². The van der Waals surface area contributed by atoms with E-state index in [4.69, 9.17) is 4.74 Å². The molecule has 5 N–H and O–H groups in total. The maximum absolute atomic E-state index is 10.2.